The molecule has 1 aromatic heterocycles. The van der Waals surface area contributed by atoms with Crippen LogP contribution in [0.3, 0.4) is 0 Å². The number of hydrogen-bond donors (Lipinski definition) is 1. The lowest BCUT2D eigenvalue weighted by atomic mass is 9.67. The maximum absolute atomic E-state index is 4.09. The Hall–Kier alpha value is -1.05. The van der Waals surface area contributed by atoms with Gasteiger partial charge >= 0.3 is 0 Å². The highest BCUT2D eigenvalue weighted by Crippen LogP contribution is 2.42. The molecule has 2 heteroatoms. The molecule has 1 atom stereocenters. The molecule has 1 N–H and O–H groups in total. The fourth-order valence-electron chi connectivity index (χ4n) is 2.66. The summed E-state index contributed by atoms with van der Waals surface area (Å²) >= 11 is 0. The van der Waals surface area contributed by atoms with Crippen molar-refractivity contribution in [1.82, 2.24) is 9.97 Å². The summed E-state index contributed by atoms with van der Waals surface area (Å²) in [5.74, 6) is 0.659. The van der Waals surface area contributed by atoms with Crippen LogP contribution in [0.2, 0.25) is 0 Å². The minimum Gasteiger partial charge on any atom is -0.348 e. The van der Waals surface area contributed by atoms with Crippen molar-refractivity contribution in [3.8, 4) is 0 Å². The minimum atomic E-state index is 0.421. The Labute approximate surface area is 91.8 Å². The average Bonchev–Trinajstić information content (AvgIpc) is 2.63. The van der Waals surface area contributed by atoms with Gasteiger partial charge in [0, 0.05) is 11.9 Å². The quantitative estimate of drug-likeness (QED) is 0.735. The lowest BCUT2D eigenvalue weighted by Crippen LogP contribution is -2.29. The first-order chi connectivity index (χ1) is 7.09. The molecule has 2 nitrogen and oxygen atoms in total. The van der Waals surface area contributed by atoms with Crippen LogP contribution < -0.4 is 0 Å². The van der Waals surface area contributed by atoms with Gasteiger partial charge in [0.1, 0.15) is 0 Å². The predicted molar refractivity (Wildman–Crippen MR) is 62.6 cm³/mol. The second-order valence-electron chi connectivity index (χ2n) is 5.31. The molecule has 0 amide bonds. The van der Waals surface area contributed by atoms with E-state index in [2.05, 4.69) is 36.8 Å². The van der Waals surface area contributed by atoms with Gasteiger partial charge in [0.15, 0.2) is 0 Å². The first kappa shape index (κ1) is 10.5. The molecule has 1 unspecified atom stereocenters. The third-order valence-corrected chi connectivity index (χ3v) is 3.73. The summed E-state index contributed by atoms with van der Waals surface area (Å²) in [5.41, 5.74) is 3.22. The van der Waals surface area contributed by atoms with Crippen molar-refractivity contribution in [2.24, 2.45) is 11.3 Å². The van der Waals surface area contributed by atoms with Gasteiger partial charge in [0.25, 0.3) is 0 Å². The highest BCUT2D eigenvalue weighted by atomic mass is 14.9. The zero-order chi connectivity index (χ0) is 10.9. The number of H-pyrrole nitrogens is 1. The maximum atomic E-state index is 4.09. The number of aromatic nitrogens is 2. The topological polar surface area (TPSA) is 28.7 Å². The van der Waals surface area contributed by atoms with Gasteiger partial charge in [-0.2, -0.15) is 0 Å². The van der Waals surface area contributed by atoms with E-state index in [1.54, 1.807) is 11.9 Å². The summed E-state index contributed by atoms with van der Waals surface area (Å²) in [6.45, 7) is 7.02. The summed E-state index contributed by atoms with van der Waals surface area (Å²) in [6.07, 6.45) is 9.73. The molecule has 0 fully saturated rings. The van der Waals surface area contributed by atoms with Crippen LogP contribution in [0.15, 0.2) is 24.2 Å². The third-order valence-electron chi connectivity index (χ3n) is 3.73. The average molecular weight is 204 g/mol. The SMILES string of the molecule is CC1=CCCC(C)(C)C1Cc1cnc[nH]1. The molecular formula is C13H20N2. The van der Waals surface area contributed by atoms with Crippen molar-refractivity contribution >= 4 is 0 Å². The molecule has 0 saturated heterocycles. The summed E-state index contributed by atoms with van der Waals surface area (Å²) in [4.78, 5) is 7.29. The fourth-order valence-corrected chi connectivity index (χ4v) is 2.66. The first-order valence-electron chi connectivity index (χ1n) is 5.73. The Morgan fingerprint density at radius 3 is 2.93 bits per heavy atom. The monoisotopic (exact) mass is 204 g/mol. The molecule has 0 saturated carbocycles. The Morgan fingerprint density at radius 1 is 1.53 bits per heavy atom. The Balaban J connectivity index is 2.18. The summed E-state index contributed by atoms with van der Waals surface area (Å²) in [5, 5.41) is 0. The van der Waals surface area contributed by atoms with E-state index in [9.17, 15) is 0 Å². The van der Waals surface area contributed by atoms with Gasteiger partial charge in [-0.1, -0.05) is 25.5 Å². The van der Waals surface area contributed by atoms with Gasteiger partial charge in [-0.25, -0.2) is 4.98 Å². The molecule has 0 radical (unpaired) electrons. The number of imidazole rings is 1. The van der Waals surface area contributed by atoms with Gasteiger partial charge in [-0.15, -0.1) is 0 Å². The van der Waals surface area contributed by atoms with Crippen LogP contribution in [0.4, 0.5) is 0 Å². The molecule has 15 heavy (non-hydrogen) atoms. The Morgan fingerprint density at radius 2 is 2.33 bits per heavy atom. The standard InChI is InChI=1S/C13H20N2/c1-10-5-4-6-13(2,3)12(10)7-11-8-14-9-15-11/h5,8-9,12H,4,6-7H2,1-3H3,(H,14,15). The summed E-state index contributed by atoms with van der Waals surface area (Å²) < 4.78 is 0. The fraction of sp³-hybridized carbons (Fsp3) is 0.615. The second-order valence-corrected chi connectivity index (χ2v) is 5.31. The van der Waals surface area contributed by atoms with Crippen molar-refractivity contribution in [3.63, 3.8) is 0 Å². The number of rotatable bonds is 2. The third kappa shape index (κ3) is 2.14. The molecule has 0 spiro atoms. The maximum Gasteiger partial charge on any atom is 0.0921 e. The van der Waals surface area contributed by atoms with Crippen molar-refractivity contribution in [3.05, 3.63) is 29.9 Å². The lowest BCUT2D eigenvalue weighted by Gasteiger charge is -2.38. The Bertz CT molecular complexity index is 347. The molecule has 1 heterocycles. The molecule has 0 aromatic carbocycles. The molecule has 2 rings (SSSR count). The Kier molecular flexibility index (Phi) is 2.68. The number of aromatic amines is 1. The number of nitrogens with zero attached hydrogens (tertiary/aromatic N) is 1. The van der Waals surface area contributed by atoms with Crippen molar-refractivity contribution < 1.29 is 0 Å². The smallest absolute Gasteiger partial charge is 0.0921 e. The van der Waals surface area contributed by atoms with Crippen molar-refractivity contribution in [1.29, 1.82) is 0 Å². The zero-order valence-corrected chi connectivity index (χ0v) is 9.88. The first-order valence-corrected chi connectivity index (χ1v) is 5.73. The lowest BCUT2D eigenvalue weighted by molar-refractivity contribution is 0.213. The summed E-state index contributed by atoms with van der Waals surface area (Å²) in [7, 11) is 0. The van der Waals surface area contributed by atoms with E-state index in [-0.39, 0.29) is 0 Å². The van der Waals surface area contributed by atoms with E-state index in [1.165, 1.54) is 18.5 Å². The van der Waals surface area contributed by atoms with E-state index in [0.717, 1.165) is 6.42 Å². The number of hydrogen-bond acceptors (Lipinski definition) is 1. The van der Waals surface area contributed by atoms with E-state index >= 15 is 0 Å². The second kappa shape index (κ2) is 3.84. The van der Waals surface area contributed by atoms with E-state index < -0.39 is 0 Å². The highest BCUT2D eigenvalue weighted by molar-refractivity contribution is 5.15. The molecule has 1 aromatic rings. The van der Waals surface area contributed by atoms with E-state index in [1.807, 2.05) is 6.20 Å². The van der Waals surface area contributed by atoms with Gasteiger partial charge in [-0.05, 0) is 37.5 Å². The van der Waals surface area contributed by atoms with Crippen LogP contribution in [0.25, 0.3) is 0 Å². The molecule has 1 aliphatic carbocycles. The van der Waals surface area contributed by atoms with Gasteiger partial charge in [0.05, 0.1) is 6.33 Å². The summed E-state index contributed by atoms with van der Waals surface area (Å²) in [6, 6.07) is 0. The molecule has 82 valence electrons. The largest absolute Gasteiger partial charge is 0.348 e. The van der Waals surface area contributed by atoms with Crippen molar-refractivity contribution in [2.45, 2.75) is 40.0 Å². The minimum absolute atomic E-state index is 0.421. The van der Waals surface area contributed by atoms with Crippen LogP contribution in [0, 0.1) is 11.3 Å². The molecule has 0 aliphatic heterocycles. The number of allylic oxidation sites excluding steroid dienone is 2. The molecular weight excluding hydrogens is 184 g/mol. The highest BCUT2D eigenvalue weighted by Gasteiger charge is 2.32. The van der Waals surface area contributed by atoms with Crippen molar-refractivity contribution in [2.75, 3.05) is 0 Å². The number of nitrogens with one attached hydrogen (secondary N) is 1. The van der Waals surface area contributed by atoms with Crippen LogP contribution in [-0.4, -0.2) is 9.97 Å². The van der Waals surface area contributed by atoms with E-state index in [0.29, 0.717) is 11.3 Å². The normalized spacial score (nSPS) is 25.0. The van der Waals surface area contributed by atoms with Crippen LogP contribution in [0.1, 0.15) is 39.3 Å². The zero-order valence-electron chi connectivity index (χ0n) is 9.88. The van der Waals surface area contributed by atoms with Crippen LogP contribution >= 0.6 is 0 Å². The van der Waals surface area contributed by atoms with Gasteiger partial charge in [0.2, 0.25) is 0 Å². The predicted octanol–water partition coefficient (Wildman–Crippen LogP) is 3.33. The van der Waals surface area contributed by atoms with E-state index in [4.69, 9.17) is 0 Å². The van der Waals surface area contributed by atoms with Crippen LogP contribution in [0.5, 0.6) is 0 Å². The van der Waals surface area contributed by atoms with Gasteiger partial charge < -0.3 is 4.98 Å². The molecule has 0 bridgehead atoms. The molecule has 1 aliphatic rings. The van der Waals surface area contributed by atoms with Gasteiger partial charge in [-0.3, -0.25) is 0 Å². The van der Waals surface area contributed by atoms with Crippen LogP contribution in [-0.2, 0) is 6.42 Å².